The van der Waals surface area contributed by atoms with Crippen molar-refractivity contribution in [1.29, 1.82) is 0 Å². The van der Waals surface area contributed by atoms with E-state index >= 15 is 0 Å². The maximum atomic E-state index is 13.1. The minimum Gasteiger partial charge on any atom is -0.305 e. The summed E-state index contributed by atoms with van der Waals surface area (Å²) in [5.41, 5.74) is -0.114. The van der Waals surface area contributed by atoms with Crippen molar-refractivity contribution in [3.63, 3.8) is 0 Å². The largest absolute Gasteiger partial charge is 0.305 e. The van der Waals surface area contributed by atoms with Gasteiger partial charge in [0.15, 0.2) is 5.82 Å². The molecular weight excluding hydrogens is 216 g/mol. The van der Waals surface area contributed by atoms with Crippen molar-refractivity contribution in [2.24, 2.45) is 4.99 Å². The fourth-order valence-corrected chi connectivity index (χ4v) is 1.14. The molecule has 0 spiro atoms. The number of nitrogens with zero attached hydrogens (tertiary/aromatic N) is 1. The van der Waals surface area contributed by atoms with Crippen LogP contribution in [0.25, 0.3) is 0 Å². The van der Waals surface area contributed by atoms with Crippen molar-refractivity contribution in [2.45, 2.75) is 0 Å². The smallest absolute Gasteiger partial charge is 0.272 e. The van der Waals surface area contributed by atoms with Crippen LogP contribution in [0.1, 0.15) is 5.56 Å². The third-order valence-electron chi connectivity index (χ3n) is 1.93. The molecule has 0 saturated carbocycles. The highest BCUT2D eigenvalue weighted by molar-refractivity contribution is 5.81. The molecule has 16 heavy (non-hydrogen) atoms. The number of halogens is 2. The van der Waals surface area contributed by atoms with Crippen LogP contribution in [-0.2, 0) is 0 Å². The lowest BCUT2D eigenvalue weighted by molar-refractivity contribution is 0.585. The third-order valence-corrected chi connectivity index (χ3v) is 1.93. The number of rotatable bonds is 2. The van der Waals surface area contributed by atoms with Crippen LogP contribution < -0.4 is 5.56 Å². The van der Waals surface area contributed by atoms with Crippen LogP contribution >= 0.6 is 0 Å². The summed E-state index contributed by atoms with van der Waals surface area (Å²) in [6, 6.07) is 3.02. The predicted octanol–water partition coefficient (Wildman–Crippen LogP) is 1.73. The Labute approximate surface area is 88.6 Å². The molecule has 2 rings (SSSR count). The van der Waals surface area contributed by atoms with E-state index in [0.29, 0.717) is 0 Å². The molecule has 4 nitrogen and oxygen atoms in total. The lowest BCUT2D eigenvalue weighted by Crippen LogP contribution is -2.03. The molecule has 82 valence electrons. The standard InChI is InChI=1S/C10H7F2N3O/c11-7-1-2-9(8(12)3-7)13-4-6-5-14-15-10(6)16/h1-5H,(H2,14,15,16). The van der Waals surface area contributed by atoms with E-state index < -0.39 is 11.6 Å². The van der Waals surface area contributed by atoms with E-state index in [9.17, 15) is 13.6 Å². The fraction of sp³-hybridized carbons (Fsp3) is 0. The van der Waals surface area contributed by atoms with Gasteiger partial charge in [-0.3, -0.25) is 14.9 Å². The monoisotopic (exact) mass is 223 g/mol. The van der Waals surface area contributed by atoms with Gasteiger partial charge in [-0.15, -0.1) is 0 Å². The average molecular weight is 223 g/mol. The summed E-state index contributed by atoms with van der Waals surface area (Å²) in [7, 11) is 0. The van der Waals surface area contributed by atoms with Crippen LogP contribution in [0.5, 0.6) is 0 Å². The normalized spacial score (nSPS) is 11.1. The fourth-order valence-electron chi connectivity index (χ4n) is 1.14. The van der Waals surface area contributed by atoms with Gasteiger partial charge < -0.3 is 5.10 Å². The number of aliphatic imine (C=N–C) groups is 1. The zero-order chi connectivity index (χ0) is 11.5. The van der Waals surface area contributed by atoms with Gasteiger partial charge in [0.1, 0.15) is 5.82 Å². The molecule has 0 fully saturated rings. The highest BCUT2D eigenvalue weighted by atomic mass is 19.1. The maximum Gasteiger partial charge on any atom is 0.272 e. The molecule has 0 unspecified atom stereocenters. The zero-order valence-corrected chi connectivity index (χ0v) is 8.00. The van der Waals surface area contributed by atoms with Crippen molar-refractivity contribution in [3.05, 3.63) is 51.9 Å². The SMILES string of the molecule is O=c1[nH][nH]cc1C=Nc1ccc(F)cc1F. The predicted molar refractivity (Wildman–Crippen MR) is 55.0 cm³/mol. The summed E-state index contributed by atoms with van der Waals surface area (Å²) in [5.74, 6) is -1.45. The van der Waals surface area contributed by atoms with E-state index in [1.807, 2.05) is 0 Å². The Hall–Kier alpha value is -2.24. The van der Waals surface area contributed by atoms with Gasteiger partial charge in [0.05, 0.1) is 11.3 Å². The lowest BCUT2D eigenvalue weighted by atomic mass is 10.3. The number of nitrogens with one attached hydrogen (secondary N) is 2. The number of hydrogen-bond acceptors (Lipinski definition) is 2. The molecule has 0 saturated heterocycles. The molecule has 0 radical (unpaired) electrons. The number of benzene rings is 1. The summed E-state index contributed by atoms with van der Waals surface area (Å²) in [6.45, 7) is 0. The minimum atomic E-state index is -0.775. The second-order valence-corrected chi connectivity index (χ2v) is 3.05. The van der Waals surface area contributed by atoms with Gasteiger partial charge in [-0.1, -0.05) is 0 Å². The van der Waals surface area contributed by atoms with Crippen molar-refractivity contribution in [3.8, 4) is 0 Å². The first-order valence-corrected chi connectivity index (χ1v) is 4.42. The molecule has 0 atom stereocenters. The van der Waals surface area contributed by atoms with E-state index in [2.05, 4.69) is 15.2 Å². The molecular formula is C10H7F2N3O. The lowest BCUT2D eigenvalue weighted by Gasteiger charge is -1.95. The Morgan fingerprint density at radius 2 is 2.12 bits per heavy atom. The van der Waals surface area contributed by atoms with Crippen molar-refractivity contribution in [2.75, 3.05) is 0 Å². The summed E-state index contributed by atoms with van der Waals surface area (Å²) >= 11 is 0. The Morgan fingerprint density at radius 3 is 2.75 bits per heavy atom. The topological polar surface area (TPSA) is 61.0 Å². The number of hydrogen-bond donors (Lipinski definition) is 2. The van der Waals surface area contributed by atoms with E-state index in [4.69, 9.17) is 0 Å². The summed E-state index contributed by atoms with van der Waals surface area (Å²) < 4.78 is 25.7. The van der Waals surface area contributed by atoms with Gasteiger partial charge in [-0.2, -0.15) is 0 Å². The Bertz CT molecular complexity index is 586. The summed E-state index contributed by atoms with van der Waals surface area (Å²) in [5, 5.41) is 4.78. The Kier molecular flexibility index (Phi) is 2.63. The quantitative estimate of drug-likeness (QED) is 0.748. The highest BCUT2D eigenvalue weighted by Crippen LogP contribution is 2.17. The van der Waals surface area contributed by atoms with Crippen LogP contribution in [0, 0.1) is 11.6 Å². The highest BCUT2D eigenvalue weighted by Gasteiger charge is 2.02. The van der Waals surface area contributed by atoms with Crippen LogP contribution in [0.4, 0.5) is 14.5 Å². The molecule has 1 aromatic carbocycles. The summed E-state index contributed by atoms with van der Waals surface area (Å²) in [6.07, 6.45) is 2.60. The Balaban J connectivity index is 2.31. The first kappa shape index (κ1) is 10.3. The molecule has 0 aliphatic rings. The number of aromatic nitrogens is 2. The average Bonchev–Trinajstić information content (AvgIpc) is 2.63. The molecule has 0 amide bonds. The molecule has 1 aromatic heterocycles. The van der Waals surface area contributed by atoms with E-state index in [1.54, 1.807) is 0 Å². The van der Waals surface area contributed by atoms with Crippen molar-refractivity contribution >= 4 is 11.9 Å². The van der Waals surface area contributed by atoms with Crippen LogP contribution in [0.15, 0.2) is 34.2 Å². The second-order valence-electron chi connectivity index (χ2n) is 3.05. The van der Waals surface area contributed by atoms with E-state index in [-0.39, 0.29) is 16.8 Å². The molecule has 0 aliphatic heterocycles. The third kappa shape index (κ3) is 2.05. The first-order chi connectivity index (χ1) is 7.66. The van der Waals surface area contributed by atoms with Gasteiger partial charge >= 0.3 is 0 Å². The maximum absolute atomic E-state index is 13.1. The minimum absolute atomic E-state index is 0.0259. The van der Waals surface area contributed by atoms with Crippen molar-refractivity contribution in [1.82, 2.24) is 10.2 Å². The molecule has 6 heteroatoms. The molecule has 1 heterocycles. The van der Waals surface area contributed by atoms with Gasteiger partial charge in [-0.05, 0) is 12.1 Å². The molecule has 2 N–H and O–H groups in total. The van der Waals surface area contributed by atoms with E-state index in [0.717, 1.165) is 12.1 Å². The first-order valence-electron chi connectivity index (χ1n) is 4.42. The van der Waals surface area contributed by atoms with Crippen molar-refractivity contribution < 1.29 is 8.78 Å². The number of aromatic amines is 2. The van der Waals surface area contributed by atoms with Gasteiger partial charge in [-0.25, -0.2) is 8.78 Å². The molecule has 2 aromatic rings. The van der Waals surface area contributed by atoms with Gasteiger partial charge in [0.25, 0.3) is 5.56 Å². The van der Waals surface area contributed by atoms with Crippen LogP contribution in [-0.4, -0.2) is 16.4 Å². The summed E-state index contributed by atoms with van der Waals surface area (Å²) in [4.78, 5) is 14.8. The number of H-pyrrole nitrogens is 2. The van der Waals surface area contributed by atoms with Crippen LogP contribution in [0.3, 0.4) is 0 Å². The van der Waals surface area contributed by atoms with Gasteiger partial charge in [0.2, 0.25) is 0 Å². The molecule has 0 bridgehead atoms. The van der Waals surface area contributed by atoms with Gasteiger partial charge in [0, 0.05) is 18.5 Å². The van der Waals surface area contributed by atoms with Crippen LogP contribution in [0.2, 0.25) is 0 Å². The molecule has 0 aliphatic carbocycles. The van der Waals surface area contributed by atoms with E-state index in [1.165, 1.54) is 18.5 Å². The second kappa shape index (κ2) is 4.09. The Morgan fingerprint density at radius 1 is 1.31 bits per heavy atom. The zero-order valence-electron chi connectivity index (χ0n) is 8.00.